The summed E-state index contributed by atoms with van der Waals surface area (Å²) < 4.78 is 0. The molecule has 0 unspecified atom stereocenters. The minimum Gasteiger partial charge on any atom is -0.326 e. The summed E-state index contributed by atoms with van der Waals surface area (Å²) in [5.74, 6) is 0.417. The van der Waals surface area contributed by atoms with Crippen LogP contribution in [0.25, 0.3) is 0 Å². The van der Waals surface area contributed by atoms with Gasteiger partial charge in [-0.3, -0.25) is 4.79 Å². The number of rotatable bonds is 4. The molecule has 1 aliphatic rings. The Hall–Kier alpha value is -1.35. The molecule has 86 valence electrons. The van der Waals surface area contributed by atoms with Gasteiger partial charge in [0.1, 0.15) is 0 Å². The number of anilines is 1. The van der Waals surface area contributed by atoms with Crippen LogP contribution < -0.4 is 10.6 Å². The van der Waals surface area contributed by atoms with Crippen LogP contribution in [0.4, 0.5) is 5.69 Å². The second-order valence-electron chi connectivity index (χ2n) is 4.35. The molecular weight excluding hydrogens is 200 g/mol. The predicted octanol–water partition coefficient (Wildman–Crippen LogP) is 2.14. The summed E-state index contributed by atoms with van der Waals surface area (Å²) in [4.78, 5) is 11.7. The number of hydrogen-bond donors (Lipinski definition) is 2. The monoisotopic (exact) mass is 218 g/mol. The maximum absolute atomic E-state index is 11.7. The maximum Gasteiger partial charge on any atom is 0.227 e. The largest absolute Gasteiger partial charge is 0.326 e. The first-order chi connectivity index (χ1) is 7.79. The normalized spacial score (nSPS) is 15.6. The molecule has 0 spiro atoms. The Kier molecular flexibility index (Phi) is 3.57. The van der Waals surface area contributed by atoms with Gasteiger partial charge in [0.25, 0.3) is 0 Å². The maximum atomic E-state index is 11.7. The molecule has 2 N–H and O–H groups in total. The Balaban J connectivity index is 1.97. The summed E-state index contributed by atoms with van der Waals surface area (Å²) in [6.07, 6.45) is 3.28. The van der Waals surface area contributed by atoms with E-state index in [0.717, 1.165) is 25.1 Å². The molecular formula is C13H18N2O. The molecule has 2 rings (SSSR count). The van der Waals surface area contributed by atoms with Crippen LogP contribution in [0.15, 0.2) is 24.3 Å². The van der Waals surface area contributed by atoms with E-state index in [2.05, 4.69) is 16.7 Å². The molecule has 1 saturated carbocycles. The van der Waals surface area contributed by atoms with E-state index >= 15 is 0 Å². The fourth-order valence-corrected chi connectivity index (χ4v) is 1.88. The first kappa shape index (κ1) is 11.1. The standard InChI is InChI=1S/C13H18N2O/c1-14-9-10-4-2-7-12(8-10)15-13(16)11-5-3-6-11/h2,4,7-8,11,14H,3,5-6,9H2,1H3,(H,15,16). The summed E-state index contributed by atoms with van der Waals surface area (Å²) in [5, 5.41) is 6.07. The van der Waals surface area contributed by atoms with E-state index in [0.29, 0.717) is 0 Å². The average molecular weight is 218 g/mol. The minimum atomic E-state index is 0.174. The Morgan fingerprint density at radius 1 is 1.44 bits per heavy atom. The summed E-state index contributed by atoms with van der Waals surface area (Å²) >= 11 is 0. The van der Waals surface area contributed by atoms with Crippen LogP contribution in [0.5, 0.6) is 0 Å². The van der Waals surface area contributed by atoms with Crippen molar-refractivity contribution in [2.75, 3.05) is 12.4 Å². The third-order valence-corrected chi connectivity index (χ3v) is 3.05. The highest BCUT2D eigenvalue weighted by Gasteiger charge is 2.24. The number of nitrogens with one attached hydrogen (secondary N) is 2. The summed E-state index contributed by atoms with van der Waals surface area (Å²) in [6.45, 7) is 0.827. The molecule has 0 heterocycles. The Morgan fingerprint density at radius 2 is 2.25 bits per heavy atom. The quantitative estimate of drug-likeness (QED) is 0.813. The van der Waals surface area contributed by atoms with E-state index < -0.39 is 0 Å². The van der Waals surface area contributed by atoms with Gasteiger partial charge >= 0.3 is 0 Å². The molecule has 0 aliphatic heterocycles. The smallest absolute Gasteiger partial charge is 0.227 e. The van der Waals surface area contributed by atoms with Crippen molar-refractivity contribution in [2.45, 2.75) is 25.8 Å². The number of carbonyl (C=O) groups excluding carboxylic acids is 1. The van der Waals surface area contributed by atoms with Gasteiger partial charge in [0.2, 0.25) is 5.91 Å². The lowest BCUT2D eigenvalue weighted by atomic mass is 9.85. The topological polar surface area (TPSA) is 41.1 Å². The number of hydrogen-bond acceptors (Lipinski definition) is 2. The van der Waals surface area contributed by atoms with Crippen LogP contribution in [-0.4, -0.2) is 13.0 Å². The molecule has 0 atom stereocenters. The van der Waals surface area contributed by atoms with Crippen molar-refractivity contribution in [1.29, 1.82) is 0 Å². The summed E-state index contributed by atoms with van der Waals surface area (Å²) in [6, 6.07) is 7.99. The molecule has 1 aromatic carbocycles. The molecule has 0 radical (unpaired) electrons. The van der Waals surface area contributed by atoms with Crippen molar-refractivity contribution in [3.05, 3.63) is 29.8 Å². The van der Waals surface area contributed by atoms with E-state index in [4.69, 9.17) is 0 Å². The van der Waals surface area contributed by atoms with Crippen LogP contribution in [0, 0.1) is 5.92 Å². The zero-order valence-electron chi connectivity index (χ0n) is 9.62. The van der Waals surface area contributed by atoms with Crippen molar-refractivity contribution in [3.63, 3.8) is 0 Å². The molecule has 1 aliphatic carbocycles. The molecule has 0 aromatic heterocycles. The molecule has 1 aromatic rings. The molecule has 3 heteroatoms. The van der Waals surface area contributed by atoms with Crippen LogP contribution in [0.2, 0.25) is 0 Å². The lowest BCUT2D eigenvalue weighted by Crippen LogP contribution is -2.28. The zero-order chi connectivity index (χ0) is 11.4. The van der Waals surface area contributed by atoms with Crippen LogP contribution >= 0.6 is 0 Å². The third-order valence-electron chi connectivity index (χ3n) is 3.05. The average Bonchev–Trinajstić information content (AvgIpc) is 2.15. The highest BCUT2D eigenvalue weighted by Crippen LogP contribution is 2.27. The number of benzene rings is 1. The summed E-state index contributed by atoms with van der Waals surface area (Å²) in [5.41, 5.74) is 2.10. The van der Waals surface area contributed by atoms with Gasteiger partial charge in [0.05, 0.1) is 0 Å². The lowest BCUT2D eigenvalue weighted by molar-refractivity contribution is -0.122. The van der Waals surface area contributed by atoms with Gasteiger partial charge in [0.15, 0.2) is 0 Å². The fraction of sp³-hybridized carbons (Fsp3) is 0.462. The van der Waals surface area contributed by atoms with E-state index in [1.807, 2.05) is 25.2 Å². The first-order valence-electron chi connectivity index (χ1n) is 5.84. The molecule has 3 nitrogen and oxygen atoms in total. The number of carbonyl (C=O) groups is 1. The van der Waals surface area contributed by atoms with E-state index in [-0.39, 0.29) is 11.8 Å². The Bertz CT molecular complexity index is 372. The Labute approximate surface area is 96.2 Å². The van der Waals surface area contributed by atoms with Crippen molar-refractivity contribution in [1.82, 2.24) is 5.32 Å². The fourth-order valence-electron chi connectivity index (χ4n) is 1.88. The van der Waals surface area contributed by atoms with Crippen molar-refractivity contribution >= 4 is 11.6 Å². The van der Waals surface area contributed by atoms with Gasteiger partial charge < -0.3 is 10.6 Å². The second-order valence-corrected chi connectivity index (χ2v) is 4.35. The van der Waals surface area contributed by atoms with Crippen molar-refractivity contribution in [3.8, 4) is 0 Å². The molecule has 1 fully saturated rings. The van der Waals surface area contributed by atoms with Gasteiger partial charge in [-0.1, -0.05) is 18.6 Å². The molecule has 1 amide bonds. The van der Waals surface area contributed by atoms with Gasteiger partial charge in [-0.25, -0.2) is 0 Å². The molecule has 16 heavy (non-hydrogen) atoms. The SMILES string of the molecule is CNCc1cccc(NC(=O)C2CCC2)c1. The van der Waals surface area contributed by atoms with Crippen LogP contribution in [0.1, 0.15) is 24.8 Å². The van der Waals surface area contributed by atoms with Crippen molar-refractivity contribution in [2.24, 2.45) is 5.92 Å². The molecule has 0 bridgehead atoms. The van der Waals surface area contributed by atoms with E-state index in [1.54, 1.807) is 0 Å². The highest BCUT2D eigenvalue weighted by atomic mass is 16.1. The molecule has 0 saturated heterocycles. The van der Waals surface area contributed by atoms with Crippen LogP contribution in [0.3, 0.4) is 0 Å². The lowest BCUT2D eigenvalue weighted by Gasteiger charge is -2.24. The predicted molar refractivity (Wildman–Crippen MR) is 65.2 cm³/mol. The van der Waals surface area contributed by atoms with Gasteiger partial charge in [-0.15, -0.1) is 0 Å². The zero-order valence-corrected chi connectivity index (χ0v) is 9.62. The van der Waals surface area contributed by atoms with Crippen LogP contribution in [-0.2, 0) is 11.3 Å². The second kappa shape index (κ2) is 5.12. The van der Waals surface area contributed by atoms with Gasteiger partial charge in [-0.2, -0.15) is 0 Å². The van der Waals surface area contributed by atoms with E-state index in [1.165, 1.54) is 12.0 Å². The third kappa shape index (κ3) is 2.61. The van der Waals surface area contributed by atoms with E-state index in [9.17, 15) is 4.79 Å². The van der Waals surface area contributed by atoms with Gasteiger partial charge in [0, 0.05) is 18.2 Å². The minimum absolute atomic E-state index is 0.174. The highest BCUT2D eigenvalue weighted by molar-refractivity contribution is 5.93. The Morgan fingerprint density at radius 3 is 2.88 bits per heavy atom. The van der Waals surface area contributed by atoms with Gasteiger partial charge in [-0.05, 0) is 37.6 Å². The van der Waals surface area contributed by atoms with Crippen molar-refractivity contribution < 1.29 is 4.79 Å². The number of amides is 1. The summed E-state index contributed by atoms with van der Waals surface area (Å²) in [7, 11) is 1.92. The first-order valence-corrected chi connectivity index (χ1v) is 5.84.